The Balaban J connectivity index is 2.35. The molecule has 0 fully saturated rings. The van der Waals surface area contributed by atoms with Gasteiger partial charge in [0.05, 0.1) is 11.9 Å². The molecular weight excluding hydrogens is 248 g/mol. The van der Waals surface area contributed by atoms with Crippen LogP contribution in [0.1, 0.15) is 25.6 Å². The molecule has 3 N–H and O–H groups in total. The molecule has 0 saturated heterocycles. The van der Waals surface area contributed by atoms with Gasteiger partial charge in [-0.05, 0) is 6.07 Å². The summed E-state index contributed by atoms with van der Waals surface area (Å²) < 4.78 is 0. The second kappa shape index (κ2) is 5.22. The molecule has 0 aliphatic carbocycles. The molecule has 2 rings (SSSR count). The van der Waals surface area contributed by atoms with Crippen molar-refractivity contribution in [3.8, 4) is 0 Å². The lowest BCUT2D eigenvalue weighted by Crippen LogP contribution is -2.11. The van der Waals surface area contributed by atoms with Gasteiger partial charge in [-0.15, -0.1) is 0 Å². The minimum Gasteiger partial charge on any atom is -0.397 e. The number of aromatic nitrogens is 3. The average Bonchev–Trinajstić information content (AvgIpc) is 2.31. The molecular formula is C12H14N4OS. The Morgan fingerprint density at radius 3 is 2.89 bits per heavy atom. The van der Waals surface area contributed by atoms with E-state index in [9.17, 15) is 4.79 Å². The Hall–Kier alpha value is -1.82. The quantitative estimate of drug-likeness (QED) is 0.827. The number of anilines is 1. The summed E-state index contributed by atoms with van der Waals surface area (Å²) in [4.78, 5) is 23.4. The third-order valence-corrected chi connectivity index (χ3v) is 3.32. The van der Waals surface area contributed by atoms with Gasteiger partial charge in [0, 0.05) is 23.1 Å². The van der Waals surface area contributed by atoms with Gasteiger partial charge in [0.1, 0.15) is 10.9 Å². The average molecular weight is 262 g/mol. The molecule has 0 aliphatic rings. The summed E-state index contributed by atoms with van der Waals surface area (Å²) in [6, 6.07) is 3.27. The van der Waals surface area contributed by atoms with Crippen LogP contribution in [0.3, 0.4) is 0 Å². The Labute approximate surface area is 109 Å². The van der Waals surface area contributed by atoms with Gasteiger partial charge in [0.25, 0.3) is 5.56 Å². The highest BCUT2D eigenvalue weighted by atomic mass is 32.2. The van der Waals surface area contributed by atoms with Crippen molar-refractivity contribution in [2.45, 2.75) is 29.7 Å². The van der Waals surface area contributed by atoms with E-state index in [4.69, 9.17) is 5.73 Å². The van der Waals surface area contributed by atoms with Crippen LogP contribution in [0.4, 0.5) is 5.69 Å². The predicted molar refractivity (Wildman–Crippen MR) is 71.7 cm³/mol. The van der Waals surface area contributed by atoms with Gasteiger partial charge in [-0.1, -0.05) is 25.6 Å². The first-order chi connectivity index (χ1) is 8.56. The van der Waals surface area contributed by atoms with Crippen molar-refractivity contribution < 1.29 is 0 Å². The summed E-state index contributed by atoms with van der Waals surface area (Å²) in [5.41, 5.74) is 6.24. The van der Waals surface area contributed by atoms with Crippen molar-refractivity contribution in [2.24, 2.45) is 0 Å². The molecule has 0 atom stereocenters. The molecule has 0 radical (unpaired) electrons. The predicted octanol–water partition coefficient (Wildman–Crippen LogP) is 2.02. The summed E-state index contributed by atoms with van der Waals surface area (Å²) in [6.07, 6.45) is 3.24. The third kappa shape index (κ3) is 2.89. The van der Waals surface area contributed by atoms with Crippen molar-refractivity contribution in [1.29, 1.82) is 0 Å². The topological polar surface area (TPSA) is 84.7 Å². The fourth-order valence-corrected chi connectivity index (χ4v) is 2.21. The Bertz CT molecular complexity index is 609. The lowest BCUT2D eigenvalue weighted by atomic mass is 10.2. The van der Waals surface area contributed by atoms with Crippen LogP contribution in [-0.2, 0) is 0 Å². The number of hydrogen-bond acceptors (Lipinski definition) is 5. The summed E-state index contributed by atoms with van der Waals surface area (Å²) in [7, 11) is 0. The summed E-state index contributed by atoms with van der Waals surface area (Å²) in [6.45, 7) is 3.96. The van der Waals surface area contributed by atoms with E-state index >= 15 is 0 Å². The van der Waals surface area contributed by atoms with Gasteiger partial charge in [-0.25, -0.2) is 4.98 Å². The van der Waals surface area contributed by atoms with Crippen molar-refractivity contribution >= 4 is 17.4 Å². The number of nitrogen functional groups attached to an aromatic ring is 1. The van der Waals surface area contributed by atoms with E-state index < -0.39 is 0 Å². The van der Waals surface area contributed by atoms with Crippen molar-refractivity contribution in [2.75, 3.05) is 5.73 Å². The third-order valence-electron chi connectivity index (χ3n) is 2.31. The fraction of sp³-hybridized carbons (Fsp3) is 0.250. The molecule has 0 amide bonds. The highest BCUT2D eigenvalue weighted by Gasteiger charge is 2.08. The number of hydrogen-bond donors (Lipinski definition) is 2. The van der Waals surface area contributed by atoms with Crippen molar-refractivity contribution in [3.63, 3.8) is 0 Å². The van der Waals surface area contributed by atoms with Gasteiger partial charge >= 0.3 is 0 Å². The smallest absolute Gasteiger partial charge is 0.252 e. The zero-order valence-corrected chi connectivity index (χ0v) is 11.0. The summed E-state index contributed by atoms with van der Waals surface area (Å²) in [5.74, 6) is 0.852. The van der Waals surface area contributed by atoms with Gasteiger partial charge < -0.3 is 10.7 Å². The fourth-order valence-electron chi connectivity index (χ4n) is 1.38. The van der Waals surface area contributed by atoms with E-state index in [1.54, 1.807) is 18.5 Å². The number of nitrogens with one attached hydrogen (secondary N) is 1. The number of nitrogens with zero attached hydrogens (tertiary/aromatic N) is 2. The second-order valence-electron chi connectivity index (χ2n) is 4.14. The maximum Gasteiger partial charge on any atom is 0.252 e. The maximum absolute atomic E-state index is 11.5. The van der Waals surface area contributed by atoms with Crippen LogP contribution in [0.2, 0.25) is 0 Å². The highest BCUT2D eigenvalue weighted by molar-refractivity contribution is 7.99. The Kier molecular flexibility index (Phi) is 3.66. The zero-order chi connectivity index (χ0) is 13.1. The van der Waals surface area contributed by atoms with Crippen LogP contribution in [0, 0.1) is 0 Å². The van der Waals surface area contributed by atoms with E-state index in [0.29, 0.717) is 16.5 Å². The minimum absolute atomic E-state index is 0.149. The number of aromatic amines is 1. The van der Waals surface area contributed by atoms with E-state index in [1.165, 1.54) is 17.8 Å². The van der Waals surface area contributed by atoms with Crippen LogP contribution in [0.15, 0.2) is 39.2 Å². The molecule has 0 aromatic carbocycles. The molecule has 2 aromatic rings. The molecule has 2 heterocycles. The summed E-state index contributed by atoms with van der Waals surface area (Å²) >= 11 is 1.36. The van der Waals surface area contributed by atoms with Crippen LogP contribution < -0.4 is 11.3 Å². The monoisotopic (exact) mass is 262 g/mol. The number of H-pyrrole nitrogens is 1. The van der Waals surface area contributed by atoms with Crippen LogP contribution in [0.5, 0.6) is 0 Å². The number of rotatable bonds is 3. The standard InChI is InChI=1S/C12H14N4OS/c1-7(2)12-15-10(17)5-11(16-12)18-9-3-4-14-6-8(9)13/h3-7H,13H2,1-2H3,(H,15,16,17). The van der Waals surface area contributed by atoms with Crippen molar-refractivity contribution in [1.82, 2.24) is 15.0 Å². The van der Waals surface area contributed by atoms with Gasteiger partial charge in [-0.2, -0.15) is 0 Å². The lowest BCUT2D eigenvalue weighted by Gasteiger charge is -2.07. The molecule has 5 nitrogen and oxygen atoms in total. The normalized spacial score (nSPS) is 10.8. The first-order valence-electron chi connectivity index (χ1n) is 5.55. The van der Waals surface area contributed by atoms with Crippen LogP contribution in [-0.4, -0.2) is 15.0 Å². The second-order valence-corrected chi connectivity index (χ2v) is 5.20. The van der Waals surface area contributed by atoms with Gasteiger partial charge in [0.15, 0.2) is 0 Å². The maximum atomic E-state index is 11.5. The largest absolute Gasteiger partial charge is 0.397 e. The Morgan fingerprint density at radius 2 is 2.22 bits per heavy atom. The molecule has 0 aliphatic heterocycles. The molecule has 18 heavy (non-hydrogen) atoms. The van der Waals surface area contributed by atoms with E-state index in [0.717, 1.165) is 4.90 Å². The molecule has 0 saturated carbocycles. The lowest BCUT2D eigenvalue weighted by molar-refractivity contribution is 0.744. The molecule has 2 aromatic heterocycles. The summed E-state index contributed by atoms with van der Waals surface area (Å²) in [5, 5.41) is 0.639. The van der Waals surface area contributed by atoms with E-state index in [-0.39, 0.29) is 11.5 Å². The highest BCUT2D eigenvalue weighted by Crippen LogP contribution is 2.29. The first kappa shape index (κ1) is 12.6. The van der Waals surface area contributed by atoms with Crippen molar-refractivity contribution in [3.05, 3.63) is 40.7 Å². The van der Waals surface area contributed by atoms with Gasteiger partial charge in [-0.3, -0.25) is 9.78 Å². The van der Waals surface area contributed by atoms with Crippen LogP contribution >= 0.6 is 11.8 Å². The zero-order valence-electron chi connectivity index (χ0n) is 10.2. The molecule has 6 heteroatoms. The Morgan fingerprint density at radius 1 is 1.44 bits per heavy atom. The van der Waals surface area contributed by atoms with Gasteiger partial charge in [0.2, 0.25) is 0 Å². The molecule has 0 unspecified atom stereocenters. The minimum atomic E-state index is -0.149. The van der Waals surface area contributed by atoms with E-state index in [2.05, 4.69) is 15.0 Å². The number of nitrogens with two attached hydrogens (primary N) is 1. The molecule has 94 valence electrons. The SMILES string of the molecule is CC(C)c1nc(Sc2ccncc2N)cc(=O)[nH]1. The molecule has 0 bridgehead atoms. The van der Waals surface area contributed by atoms with Crippen LogP contribution in [0.25, 0.3) is 0 Å². The molecule has 0 spiro atoms. The first-order valence-corrected chi connectivity index (χ1v) is 6.36. The number of pyridine rings is 1. The van der Waals surface area contributed by atoms with E-state index in [1.807, 2.05) is 13.8 Å².